The maximum atomic E-state index is 12.2. The zero-order valence-corrected chi connectivity index (χ0v) is 13.3. The molecule has 2 aromatic carbocycles. The van der Waals surface area contributed by atoms with Crippen LogP contribution in [-0.2, 0) is 15.8 Å². The third kappa shape index (κ3) is 4.42. The average Bonchev–Trinajstić information content (AvgIpc) is 2.41. The van der Waals surface area contributed by atoms with Gasteiger partial charge in [0.25, 0.3) is 0 Å². The van der Waals surface area contributed by atoms with E-state index in [1.807, 2.05) is 0 Å². The van der Waals surface area contributed by atoms with Crippen molar-refractivity contribution in [3.8, 4) is 0 Å². The number of rotatable bonds is 5. The molecule has 0 radical (unpaired) electrons. The van der Waals surface area contributed by atoms with Crippen LogP contribution in [0, 0.1) is 0 Å². The van der Waals surface area contributed by atoms with Crippen molar-refractivity contribution in [2.75, 3.05) is 4.72 Å². The highest BCUT2D eigenvalue weighted by Gasteiger charge is 2.15. The van der Waals surface area contributed by atoms with Crippen LogP contribution < -0.4 is 10.5 Å². The van der Waals surface area contributed by atoms with Gasteiger partial charge in [0.1, 0.15) is 4.99 Å². The van der Waals surface area contributed by atoms with Crippen LogP contribution in [0.1, 0.15) is 11.1 Å². The number of nitrogens with one attached hydrogen (secondary N) is 1. The summed E-state index contributed by atoms with van der Waals surface area (Å²) in [6, 6.07) is 13.3. The Balaban J connectivity index is 2.22. The van der Waals surface area contributed by atoms with E-state index >= 15 is 0 Å². The quantitative estimate of drug-likeness (QED) is 0.821. The minimum Gasteiger partial charge on any atom is -0.389 e. The Morgan fingerprint density at radius 1 is 1.14 bits per heavy atom. The molecule has 110 valence electrons. The number of hydrogen-bond acceptors (Lipinski definition) is 3. The molecule has 0 bridgehead atoms. The highest BCUT2D eigenvalue weighted by Crippen LogP contribution is 2.18. The molecule has 0 saturated carbocycles. The van der Waals surface area contributed by atoms with E-state index in [-0.39, 0.29) is 10.7 Å². The van der Waals surface area contributed by atoms with E-state index in [4.69, 9.17) is 29.6 Å². The van der Waals surface area contributed by atoms with Crippen LogP contribution in [0.25, 0.3) is 0 Å². The van der Waals surface area contributed by atoms with Gasteiger partial charge in [0, 0.05) is 16.3 Å². The molecule has 0 aliphatic heterocycles. The van der Waals surface area contributed by atoms with Gasteiger partial charge < -0.3 is 5.73 Å². The van der Waals surface area contributed by atoms with Crippen LogP contribution in [0.2, 0.25) is 5.02 Å². The molecule has 0 saturated heterocycles. The van der Waals surface area contributed by atoms with E-state index in [0.29, 0.717) is 21.8 Å². The zero-order valence-electron chi connectivity index (χ0n) is 10.9. The SMILES string of the molecule is NC(=S)c1ccccc1CS(=O)(=O)Nc1ccc(Cl)cc1. The maximum Gasteiger partial charge on any atom is 0.236 e. The second kappa shape index (κ2) is 6.43. The van der Waals surface area contributed by atoms with Crippen molar-refractivity contribution in [3.05, 3.63) is 64.7 Å². The highest BCUT2D eigenvalue weighted by atomic mass is 35.5. The average molecular weight is 341 g/mol. The van der Waals surface area contributed by atoms with Crippen LogP contribution >= 0.6 is 23.8 Å². The van der Waals surface area contributed by atoms with Gasteiger partial charge in [-0.3, -0.25) is 4.72 Å². The number of halogens is 1. The lowest BCUT2D eigenvalue weighted by atomic mass is 10.1. The van der Waals surface area contributed by atoms with Gasteiger partial charge in [-0.15, -0.1) is 0 Å². The normalized spacial score (nSPS) is 11.1. The lowest BCUT2D eigenvalue weighted by molar-refractivity contribution is 0.600. The van der Waals surface area contributed by atoms with Crippen LogP contribution in [0.4, 0.5) is 5.69 Å². The van der Waals surface area contributed by atoms with Crippen molar-refractivity contribution in [1.82, 2.24) is 0 Å². The zero-order chi connectivity index (χ0) is 15.5. The number of benzene rings is 2. The molecular formula is C14H13ClN2O2S2. The molecule has 7 heteroatoms. The second-order valence-corrected chi connectivity index (χ2v) is 6.99. The Morgan fingerprint density at radius 3 is 2.38 bits per heavy atom. The lowest BCUT2D eigenvalue weighted by Gasteiger charge is -2.11. The highest BCUT2D eigenvalue weighted by molar-refractivity contribution is 7.91. The van der Waals surface area contributed by atoms with Gasteiger partial charge in [0.05, 0.1) is 5.75 Å². The maximum absolute atomic E-state index is 12.2. The third-order valence-corrected chi connectivity index (χ3v) is 4.46. The third-order valence-electron chi connectivity index (χ3n) is 2.75. The first-order chi connectivity index (χ1) is 9.87. The minimum atomic E-state index is -3.56. The fourth-order valence-electron chi connectivity index (χ4n) is 1.82. The summed E-state index contributed by atoms with van der Waals surface area (Å²) in [5, 5.41) is 0.539. The fraction of sp³-hybridized carbons (Fsp3) is 0.0714. The number of thiocarbonyl (C=S) groups is 1. The molecule has 3 N–H and O–H groups in total. The molecule has 2 rings (SSSR count). The molecule has 2 aromatic rings. The van der Waals surface area contributed by atoms with Gasteiger partial charge >= 0.3 is 0 Å². The molecule has 0 amide bonds. The Bertz CT molecular complexity index is 759. The van der Waals surface area contributed by atoms with Crippen LogP contribution in [0.3, 0.4) is 0 Å². The van der Waals surface area contributed by atoms with E-state index in [2.05, 4.69) is 4.72 Å². The number of sulfonamides is 1. The van der Waals surface area contributed by atoms with Crippen molar-refractivity contribution in [3.63, 3.8) is 0 Å². The molecule has 0 unspecified atom stereocenters. The van der Waals surface area contributed by atoms with Crippen LogP contribution in [0.5, 0.6) is 0 Å². The molecule has 0 heterocycles. The smallest absolute Gasteiger partial charge is 0.236 e. The monoisotopic (exact) mass is 340 g/mol. The predicted octanol–water partition coefficient (Wildman–Crippen LogP) is 2.92. The number of hydrogen-bond donors (Lipinski definition) is 2. The van der Waals surface area contributed by atoms with Gasteiger partial charge in [-0.1, -0.05) is 48.1 Å². The molecule has 0 aromatic heterocycles. The first-order valence-corrected chi connectivity index (χ1v) is 8.45. The van der Waals surface area contributed by atoms with Gasteiger partial charge in [0.2, 0.25) is 10.0 Å². The molecule has 0 aliphatic rings. The summed E-state index contributed by atoms with van der Waals surface area (Å²) in [6.07, 6.45) is 0. The van der Waals surface area contributed by atoms with Crippen LogP contribution in [-0.4, -0.2) is 13.4 Å². The topological polar surface area (TPSA) is 72.2 Å². The molecular weight excluding hydrogens is 328 g/mol. The molecule has 0 aliphatic carbocycles. The minimum absolute atomic E-state index is 0.173. The summed E-state index contributed by atoms with van der Waals surface area (Å²) in [5.74, 6) is -0.205. The Labute approximate surface area is 134 Å². The van der Waals surface area contributed by atoms with Crippen molar-refractivity contribution in [2.24, 2.45) is 5.73 Å². The van der Waals surface area contributed by atoms with E-state index in [1.54, 1.807) is 48.5 Å². The summed E-state index contributed by atoms with van der Waals surface area (Å²) in [6.45, 7) is 0. The molecule has 0 spiro atoms. The first kappa shape index (κ1) is 15.8. The molecule has 0 fully saturated rings. The van der Waals surface area contributed by atoms with Crippen molar-refractivity contribution in [1.29, 1.82) is 0 Å². The summed E-state index contributed by atoms with van der Waals surface area (Å²) in [5.41, 5.74) is 7.18. The summed E-state index contributed by atoms with van der Waals surface area (Å²) in [4.78, 5) is 0.173. The summed E-state index contributed by atoms with van der Waals surface area (Å²) < 4.78 is 26.9. The number of nitrogens with two attached hydrogens (primary N) is 1. The molecule has 0 atom stereocenters. The molecule has 4 nitrogen and oxygen atoms in total. The fourth-order valence-corrected chi connectivity index (χ4v) is 3.38. The lowest BCUT2D eigenvalue weighted by Crippen LogP contribution is -2.18. The van der Waals surface area contributed by atoms with Crippen molar-refractivity contribution < 1.29 is 8.42 Å². The van der Waals surface area contributed by atoms with E-state index in [0.717, 1.165) is 0 Å². The van der Waals surface area contributed by atoms with Gasteiger partial charge in [-0.2, -0.15) is 0 Å². The predicted molar refractivity (Wildman–Crippen MR) is 90.0 cm³/mol. The first-order valence-electron chi connectivity index (χ1n) is 6.01. The van der Waals surface area contributed by atoms with Gasteiger partial charge in [-0.05, 0) is 29.8 Å². The number of anilines is 1. The van der Waals surface area contributed by atoms with Crippen molar-refractivity contribution in [2.45, 2.75) is 5.75 Å². The largest absolute Gasteiger partial charge is 0.389 e. The van der Waals surface area contributed by atoms with E-state index in [1.165, 1.54) is 0 Å². The standard InChI is InChI=1S/C14H13ClN2O2S2/c15-11-5-7-12(8-6-11)17-21(18,19)9-10-3-1-2-4-13(10)14(16)20/h1-8,17H,9H2,(H2,16,20). The Hall–Kier alpha value is -1.63. The van der Waals surface area contributed by atoms with E-state index in [9.17, 15) is 8.42 Å². The Morgan fingerprint density at radius 2 is 1.76 bits per heavy atom. The summed E-state index contributed by atoms with van der Waals surface area (Å²) in [7, 11) is -3.56. The van der Waals surface area contributed by atoms with Gasteiger partial charge in [-0.25, -0.2) is 8.42 Å². The van der Waals surface area contributed by atoms with E-state index < -0.39 is 10.0 Å². The second-order valence-electron chi connectivity index (χ2n) is 4.39. The van der Waals surface area contributed by atoms with Gasteiger partial charge in [0.15, 0.2) is 0 Å². The van der Waals surface area contributed by atoms with Crippen LogP contribution in [0.15, 0.2) is 48.5 Å². The molecule has 21 heavy (non-hydrogen) atoms. The summed E-state index contributed by atoms with van der Waals surface area (Å²) >= 11 is 10.7. The Kier molecular flexibility index (Phi) is 4.82. The van der Waals surface area contributed by atoms with Crippen molar-refractivity contribution >= 4 is 44.5 Å².